The van der Waals surface area contributed by atoms with Gasteiger partial charge in [-0.25, -0.2) is 0 Å². The highest BCUT2D eigenvalue weighted by Crippen LogP contribution is 2.29. The van der Waals surface area contributed by atoms with Gasteiger partial charge in [-0.2, -0.15) is 13.2 Å². The number of aryl methyl sites for hydroxylation is 1. The minimum absolute atomic E-state index is 0.0145. The number of hydrogen-bond donors (Lipinski definition) is 1. The Morgan fingerprint density at radius 2 is 1.60 bits per heavy atom. The second-order valence-corrected chi connectivity index (χ2v) is 7.77. The molecule has 0 aliphatic carbocycles. The Balaban J connectivity index is 1.44. The summed E-state index contributed by atoms with van der Waals surface area (Å²) in [5.74, 6) is -0.339. The van der Waals surface area contributed by atoms with Crippen LogP contribution in [0.1, 0.15) is 40.7 Å². The molecule has 0 aromatic heterocycles. The average Bonchev–Trinajstić information content (AvgIpc) is 2.73. The van der Waals surface area contributed by atoms with Crippen LogP contribution in [0.5, 0.6) is 0 Å². The number of carbonyl (C=O) groups excluding carboxylic acids is 2. The van der Waals surface area contributed by atoms with Crippen LogP contribution in [0.3, 0.4) is 0 Å². The van der Waals surface area contributed by atoms with Gasteiger partial charge in [-0.1, -0.05) is 23.7 Å². The Hall–Kier alpha value is -2.54. The molecule has 2 aromatic carbocycles. The van der Waals surface area contributed by atoms with Crippen molar-refractivity contribution in [2.75, 3.05) is 13.1 Å². The third kappa shape index (κ3) is 5.98. The van der Waals surface area contributed by atoms with Crippen molar-refractivity contribution in [2.24, 2.45) is 0 Å². The lowest BCUT2D eigenvalue weighted by atomic mass is 10.0. The number of carbonyl (C=O) groups is 2. The Labute approximate surface area is 178 Å². The number of rotatable bonds is 5. The fourth-order valence-corrected chi connectivity index (χ4v) is 3.55. The summed E-state index contributed by atoms with van der Waals surface area (Å²) in [6, 6.07) is 11.6. The highest BCUT2D eigenvalue weighted by Gasteiger charge is 2.31. The van der Waals surface area contributed by atoms with Crippen molar-refractivity contribution < 1.29 is 22.8 Å². The standard InChI is InChI=1S/C22H22ClF3N2O2/c23-18-8-1-15(2-9-18)3-10-20(29)27-19-11-13-28(14-12-19)21(30)16-4-6-17(7-5-16)22(24,25)26/h1-2,4-9,19H,3,10-14H2,(H,27,29). The second kappa shape index (κ2) is 9.51. The maximum absolute atomic E-state index is 12.7. The van der Waals surface area contributed by atoms with Crippen molar-refractivity contribution in [3.63, 3.8) is 0 Å². The first-order valence-electron chi connectivity index (χ1n) is 9.73. The molecule has 2 amide bonds. The minimum atomic E-state index is -4.42. The van der Waals surface area contributed by atoms with Crippen LogP contribution in [0.4, 0.5) is 13.2 Å². The summed E-state index contributed by atoms with van der Waals surface area (Å²) in [5.41, 5.74) is 0.485. The molecule has 0 bridgehead atoms. The molecule has 3 rings (SSSR count). The van der Waals surface area contributed by atoms with Crippen LogP contribution in [0.2, 0.25) is 5.02 Å². The predicted octanol–water partition coefficient (Wildman–Crippen LogP) is 4.71. The van der Waals surface area contributed by atoms with Crippen molar-refractivity contribution in [1.82, 2.24) is 10.2 Å². The summed E-state index contributed by atoms with van der Waals surface area (Å²) >= 11 is 5.85. The SMILES string of the molecule is O=C(CCc1ccc(Cl)cc1)NC1CCN(C(=O)c2ccc(C(F)(F)F)cc2)CC1. The molecule has 30 heavy (non-hydrogen) atoms. The molecule has 1 heterocycles. The highest BCUT2D eigenvalue weighted by molar-refractivity contribution is 6.30. The summed E-state index contributed by atoms with van der Waals surface area (Å²) in [5, 5.41) is 3.65. The lowest BCUT2D eigenvalue weighted by Gasteiger charge is -2.32. The molecular formula is C22H22ClF3N2O2. The smallest absolute Gasteiger partial charge is 0.353 e. The van der Waals surface area contributed by atoms with Gasteiger partial charge in [0.15, 0.2) is 0 Å². The van der Waals surface area contributed by atoms with E-state index >= 15 is 0 Å². The largest absolute Gasteiger partial charge is 0.416 e. The van der Waals surface area contributed by atoms with Gasteiger partial charge in [-0.15, -0.1) is 0 Å². The van der Waals surface area contributed by atoms with Crippen molar-refractivity contribution in [3.8, 4) is 0 Å². The molecule has 0 saturated carbocycles. The van der Waals surface area contributed by atoms with Crippen LogP contribution in [0.25, 0.3) is 0 Å². The van der Waals surface area contributed by atoms with Crippen LogP contribution >= 0.6 is 11.6 Å². The molecule has 0 atom stereocenters. The first kappa shape index (κ1) is 22.2. The van der Waals surface area contributed by atoms with Crippen molar-refractivity contribution in [3.05, 3.63) is 70.2 Å². The zero-order valence-corrected chi connectivity index (χ0v) is 17.0. The number of alkyl halides is 3. The molecule has 2 aromatic rings. The summed E-state index contributed by atoms with van der Waals surface area (Å²) in [6.45, 7) is 0.893. The van der Waals surface area contributed by atoms with Gasteiger partial charge in [0, 0.05) is 36.1 Å². The quantitative estimate of drug-likeness (QED) is 0.734. The van der Waals surface area contributed by atoms with Gasteiger partial charge in [-0.05, 0) is 61.2 Å². The summed E-state index contributed by atoms with van der Waals surface area (Å²) in [7, 11) is 0. The number of amides is 2. The first-order valence-corrected chi connectivity index (χ1v) is 10.1. The lowest BCUT2D eigenvalue weighted by Crippen LogP contribution is -2.46. The summed E-state index contributed by atoms with van der Waals surface area (Å²) in [4.78, 5) is 26.3. The van der Waals surface area contributed by atoms with Crippen LogP contribution in [-0.4, -0.2) is 35.8 Å². The minimum Gasteiger partial charge on any atom is -0.353 e. The van der Waals surface area contributed by atoms with E-state index in [0.717, 1.165) is 17.7 Å². The van der Waals surface area contributed by atoms with E-state index < -0.39 is 11.7 Å². The summed E-state index contributed by atoms with van der Waals surface area (Å²) < 4.78 is 38.0. The number of halogens is 4. The number of nitrogens with zero attached hydrogens (tertiary/aromatic N) is 1. The van der Waals surface area contributed by atoms with Gasteiger partial charge in [-0.3, -0.25) is 9.59 Å². The molecule has 1 N–H and O–H groups in total. The Kier molecular flexibility index (Phi) is 7.02. The normalized spacial score (nSPS) is 15.1. The van der Waals surface area contributed by atoms with E-state index in [9.17, 15) is 22.8 Å². The fraction of sp³-hybridized carbons (Fsp3) is 0.364. The van der Waals surface area contributed by atoms with Gasteiger partial charge < -0.3 is 10.2 Å². The number of likely N-dealkylation sites (tertiary alicyclic amines) is 1. The van der Waals surface area contributed by atoms with Crippen molar-refractivity contribution in [1.29, 1.82) is 0 Å². The molecule has 0 unspecified atom stereocenters. The molecule has 4 nitrogen and oxygen atoms in total. The maximum atomic E-state index is 12.7. The average molecular weight is 439 g/mol. The third-order valence-electron chi connectivity index (χ3n) is 5.16. The lowest BCUT2D eigenvalue weighted by molar-refractivity contribution is -0.137. The topological polar surface area (TPSA) is 49.4 Å². The van der Waals surface area contributed by atoms with E-state index in [-0.39, 0.29) is 23.4 Å². The Morgan fingerprint density at radius 1 is 1.00 bits per heavy atom. The molecule has 0 spiro atoms. The Bertz CT molecular complexity index is 875. The number of nitrogens with one attached hydrogen (secondary N) is 1. The number of piperidine rings is 1. The second-order valence-electron chi connectivity index (χ2n) is 7.34. The van der Waals surface area contributed by atoms with E-state index in [2.05, 4.69) is 5.32 Å². The molecule has 160 valence electrons. The third-order valence-corrected chi connectivity index (χ3v) is 5.41. The van der Waals surface area contributed by atoms with Gasteiger partial charge in [0.25, 0.3) is 5.91 Å². The van der Waals surface area contributed by atoms with E-state index in [1.54, 1.807) is 17.0 Å². The maximum Gasteiger partial charge on any atom is 0.416 e. The zero-order valence-electron chi connectivity index (χ0n) is 16.2. The molecule has 1 aliphatic heterocycles. The molecule has 1 saturated heterocycles. The molecule has 8 heteroatoms. The number of hydrogen-bond acceptors (Lipinski definition) is 2. The first-order chi connectivity index (χ1) is 14.2. The van der Waals surface area contributed by atoms with Crippen LogP contribution in [0, 0.1) is 0 Å². The van der Waals surface area contributed by atoms with E-state index in [0.29, 0.717) is 43.8 Å². The van der Waals surface area contributed by atoms with Gasteiger partial charge >= 0.3 is 6.18 Å². The fourth-order valence-electron chi connectivity index (χ4n) is 3.42. The van der Waals surface area contributed by atoms with E-state index in [1.165, 1.54) is 12.1 Å². The Morgan fingerprint density at radius 3 is 2.17 bits per heavy atom. The zero-order chi connectivity index (χ0) is 21.7. The highest BCUT2D eigenvalue weighted by atomic mass is 35.5. The number of benzene rings is 2. The molecule has 0 radical (unpaired) electrons. The van der Waals surface area contributed by atoms with Gasteiger partial charge in [0.05, 0.1) is 5.56 Å². The summed E-state index contributed by atoms with van der Waals surface area (Å²) in [6.07, 6.45) is -2.22. The van der Waals surface area contributed by atoms with Crippen LogP contribution < -0.4 is 5.32 Å². The monoisotopic (exact) mass is 438 g/mol. The van der Waals surface area contributed by atoms with Crippen molar-refractivity contribution >= 4 is 23.4 Å². The van der Waals surface area contributed by atoms with E-state index in [4.69, 9.17) is 11.6 Å². The van der Waals surface area contributed by atoms with Crippen molar-refractivity contribution in [2.45, 2.75) is 37.9 Å². The van der Waals surface area contributed by atoms with Gasteiger partial charge in [0.1, 0.15) is 0 Å². The van der Waals surface area contributed by atoms with Crippen LogP contribution in [0.15, 0.2) is 48.5 Å². The molecular weight excluding hydrogens is 417 g/mol. The molecule has 1 aliphatic rings. The van der Waals surface area contributed by atoms with E-state index in [1.807, 2.05) is 12.1 Å². The van der Waals surface area contributed by atoms with Crippen LogP contribution in [-0.2, 0) is 17.4 Å². The van der Waals surface area contributed by atoms with Gasteiger partial charge in [0.2, 0.25) is 5.91 Å². The molecule has 1 fully saturated rings. The predicted molar refractivity (Wildman–Crippen MR) is 108 cm³/mol.